The van der Waals surface area contributed by atoms with Crippen LogP contribution in [0.3, 0.4) is 0 Å². The van der Waals surface area contributed by atoms with E-state index >= 15 is 0 Å². The van der Waals surface area contributed by atoms with E-state index in [2.05, 4.69) is 284 Å². The van der Waals surface area contributed by atoms with E-state index in [-0.39, 0.29) is 0 Å². The fourth-order valence-electron chi connectivity index (χ4n) is 10.6. The fourth-order valence-corrected chi connectivity index (χ4v) is 12.3. The van der Waals surface area contributed by atoms with Crippen molar-refractivity contribution >= 4 is 110 Å². The van der Waals surface area contributed by atoms with Crippen LogP contribution in [0.15, 0.2) is 266 Å². The SMILES string of the molecule is c1ccc(-c2ccc(N(c3ccccc3)c3ccc(-n4c5cc6ccsc6cc5c5c4c4cc6sccc6cc4n5-c4ccc(N(c5ccccc5)c5ccc(-c6ccccc6)cc5)cc4)cc3)cc2)cc1. The third-order valence-corrected chi connectivity index (χ3v) is 15.8. The lowest BCUT2D eigenvalue weighted by Gasteiger charge is -2.26. The van der Waals surface area contributed by atoms with E-state index in [1.54, 1.807) is 22.7 Å². The normalized spacial score (nSPS) is 11.6. The van der Waals surface area contributed by atoms with Crippen LogP contribution in [0.4, 0.5) is 34.1 Å². The second-order valence-corrected chi connectivity index (χ2v) is 20.1. The zero-order valence-corrected chi connectivity index (χ0v) is 40.6. The van der Waals surface area contributed by atoms with Gasteiger partial charge in [-0.3, -0.25) is 0 Å². The highest BCUT2D eigenvalue weighted by Crippen LogP contribution is 2.46. The van der Waals surface area contributed by atoms with Crippen molar-refractivity contribution in [1.82, 2.24) is 9.13 Å². The number of para-hydroxylation sites is 2. The summed E-state index contributed by atoms with van der Waals surface area (Å²) in [6.45, 7) is 0. The lowest BCUT2D eigenvalue weighted by atomic mass is 10.0. The molecule has 6 heteroatoms. The van der Waals surface area contributed by atoms with Crippen LogP contribution in [0.25, 0.3) is 86.6 Å². The Morgan fingerprint density at radius 2 is 0.583 bits per heavy atom. The Balaban J connectivity index is 0.928. The first-order chi connectivity index (χ1) is 35.7. The Morgan fingerprint density at radius 1 is 0.278 bits per heavy atom. The first-order valence-electron chi connectivity index (χ1n) is 24.3. The number of anilines is 6. The Morgan fingerprint density at radius 3 is 0.944 bits per heavy atom. The van der Waals surface area contributed by atoms with E-state index in [0.717, 1.165) is 45.5 Å². The van der Waals surface area contributed by atoms with E-state index in [0.29, 0.717) is 0 Å². The van der Waals surface area contributed by atoms with Crippen molar-refractivity contribution in [3.63, 3.8) is 0 Å². The van der Waals surface area contributed by atoms with Gasteiger partial charge in [-0.05, 0) is 177 Å². The number of hydrogen-bond acceptors (Lipinski definition) is 4. The standard InChI is InChI=1S/C66H44N4S2/c1-5-13-45(14-6-1)47-21-25-53(26-22-47)67(51-17-9-3-10-18-51)55-29-33-57(34-30-55)69-61-41-49-37-39-71-63(49)43-59(61)66-65(69)60-44-64-50(38-40-72-64)42-62(60)70(66)58-35-31-56(32-36-58)68(52-19-11-4-12-20-52)54-27-23-48(24-28-54)46-15-7-2-8-16-46/h1-44H. The first kappa shape index (κ1) is 42.0. The summed E-state index contributed by atoms with van der Waals surface area (Å²) >= 11 is 3.60. The molecule has 0 N–H and O–H groups in total. The molecule has 10 aromatic carbocycles. The van der Waals surface area contributed by atoms with Gasteiger partial charge in [0.2, 0.25) is 0 Å². The maximum Gasteiger partial charge on any atom is 0.0804 e. The summed E-state index contributed by atoms with van der Waals surface area (Å²) in [5.74, 6) is 0. The molecule has 4 nitrogen and oxygen atoms in total. The molecule has 340 valence electrons. The van der Waals surface area contributed by atoms with Gasteiger partial charge in [0, 0.05) is 65.7 Å². The van der Waals surface area contributed by atoms with E-state index in [1.807, 2.05) is 0 Å². The van der Waals surface area contributed by atoms with Gasteiger partial charge in [-0.2, -0.15) is 0 Å². The van der Waals surface area contributed by atoms with Crippen LogP contribution in [-0.4, -0.2) is 9.13 Å². The molecule has 0 aliphatic heterocycles. The molecule has 4 aromatic heterocycles. The smallest absolute Gasteiger partial charge is 0.0804 e. The van der Waals surface area contributed by atoms with Crippen LogP contribution in [0.5, 0.6) is 0 Å². The summed E-state index contributed by atoms with van der Waals surface area (Å²) < 4.78 is 7.57. The number of rotatable bonds is 10. The average molecular weight is 957 g/mol. The summed E-state index contributed by atoms with van der Waals surface area (Å²) in [6.07, 6.45) is 0. The molecule has 0 amide bonds. The lowest BCUT2D eigenvalue weighted by molar-refractivity contribution is 1.17. The van der Waals surface area contributed by atoms with Gasteiger partial charge < -0.3 is 18.9 Å². The third kappa shape index (κ3) is 7.19. The number of aromatic nitrogens is 2. The molecule has 0 saturated carbocycles. The highest BCUT2D eigenvalue weighted by atomic mass is 32.1. The molecule has 4 heterocycles. The molecule has 72 heavy (non-hydrogen) atoms. The summed E-state index contributed by atoms with van der Waals surface area (Å²) in [7, 11) is 0. The third-order valence-electron chi connectivity index (χ3n) is 14.0. The summed E-state index contributed by atoms with van der Waals surface area (Å²) in [5, 5.41) is 9.36. The van der Waals surface area contributed by atoms with Crippen molar-refractivity contribution in [2.75, 3.05) is 9.80 Å². The Labute approximate surface area is 425 Å². The number of fused-ring (bicyclic) bond motifs is 7. The van der Waals surface area contributed by atoms with Gasteiger partial charge >= 0.3 is 0 Å². The van der Waals surface area contributed by atoms with Crippen molar-refractivity contribution < 1.29 is 0 Å². The monoisotopic (exact) mass is 956 g/mol. The second-order valence-electron chi connectivity index (χ2n) is 18.2. The number of nitrogens with zero attached hydrogens (tertiary/aromatic N) is 4. The molecule has 0 radical (unpaired) electrons. The van der Waals surface area contributed by atoms with Crippen LogP contribution < -0.4 is 9.80 Å². The van der Waals surface area contributed by atoms with E-state index < -0.39 is 0 Å². The van der Waals surface area contributed by atoms with Crippen LogP contribution >= 0.6 is 22.7 Å². The average Bonchev–Trinajstić information content (AvgIpc) is 4.25. The predicted octanol–water partition coefficient (Wildman–Crippen LogP) is 19.4. The van der Waals surface area contributed by atoms with E-state index in [9.17, 15) is 0 Å². The highest BCUT2D eigenvalue weighted by Gasteiger charge is 2.25. The van der Waals surface area contributed by atoms with Crippen molar-refractivity contribution in [3.05, 3.63) is 266 Å². The predicted molar refractivity (Wildman–Crippen MR) is 309 cm³/mol. The first-order valence-corrected chi connectivity index (χ1v) is 26.1. The molecule has 14 rings (SSSR count). The fraction of sp³-hybridized carbons (Fsp3) is 0. The molecule has 0 spiro atoms. The Bertz CT molecular complexity index is 3940. The van der Waals surface area contributed by atoms with Gasteiger partial charge in [0.25, 0.3) is 0 Å². The zero-order valence-electron chi connectivity index (χ0n) is 39.0. The molecule has 0 aliphatic carbocycles. The molecule has 14 aromatic rings. The molecular formula is C66H44N4S2. The minimum Gasteiger partial charge on any atom is -0.311 e. The molecule has 0 fully saturated rings. The van der Waals surface area contributed by atoms with Crippen molar-refractivity contribution in [2.45, 2.75) is 0 Å². The molecule has 0 atom stereocenters. The minimum absolute atomic E-state index is 1.09. The van der Waals surface area contributed by atoms with Crippen molar-refractivity contribution in [3.8, 4) is 33.6 Å². The van der Waals surface area contributed by atoms with E-state index in [1.165, 1.54) is 75.3 Å². The number of thiophene rings is 2. The maximum absolute atomic E-state index is 2.51. The van der Waals surface area contributed by atoms with Gasteiger partial charge in [0.15, 0.2) is 0 Å². The van der Waals surface area contributed by atoms with Gasteiger partial charge in [-0.1, -0.05) is 121 Å². The summed E-state index contributed by atoms with van der Waals surface area (Å²) in [5.41, 5.74) is 18.4. The molecule has 0 unspecified atom stereocenters. The molecule has 0 saturated heterocycles. The Hall–Kier alpha value is -8.94. The topological polar surface area (TPSA) is 16.3 Å². The van der Waals surface area contributed by atoms with E-state index in [4.69, 9.17) is 0 Å². The van der Waals surface area contributed by atoms with Gasteiger partial charge in [0.1, 0.15) is 0 Å². The second kappa shape index (κ2) is 17.5. The van der Waals surface area contributed by atoms with Gasteiger partial charge in [-0.25, -0.2) is 0 Å². The quantitative estimate of drug-likeness (QED) is 0.136. The minimum atomic E-state index is 1.09. The van der Waals surface area contributed by atoms with Crippen LogP contribution in [-0.2, 0) is 0 Å². The summed E-state index contributed by atoms with van der Waals surface area (Å²) in [6, 6.07) is 92.7. The largest absolute Gasteiger partial charge is 0.311 e. The Kier molecular flexibility index (Phi) is 10.2. The zero-order chi connectivity index (χ0) is 47.5. The lowest BCUT2D eigenvalue weighted by Crippen LogP contribution is -2.10. The number of hydrogen-bond donors (Lipinski definition) is 0. The summed E-state index contributed by atoms with van der Waals surface area (Å²) in [4.78, 5) is 4.69. The molecule has 0 aliphatic rings. The van der Waals surface area contributed by atoms with Crippen molar-refractivity contribution in [2.24, 2.45) is 0 Å². The van der Waals surface area contributed by atoms with Crippen molar-refractivity contribution in [1.29, 1.82) is 0 Å². The molecule has 0 bridgehead atoms. The van der Waals surface area contributed by atoms with Gasteiger partial charge in [0.05, 0.1) is 22.1 Å². The van der Waals surface area contributed by atoms with Crippen LogP contribution in [0, 0.1) is 0 Å². The van der Waals surface area contributed by atoms with Crippen LogP contribution in [0.1, 0.15) is 0 Å². The molecular weight excluding hydrogens is 913 g/mol. The van der Waals surface area contributed by atoms with Gasteiger partial charge in [-0.15, -0.1) is 22.7 Å². The van der Waals surface area contributed by atoms with Crippen LogP contribution in [0.2, 0.25) is 0 Å². The maximum atomic E-state index is 2.51. The highest BCUT2D eigenvalue weighted by molar-refractivity contribution is 7.17. The number of benzene rings is 10.